The minimum atomic E-state index is -0.303. The number of ether oxygens (including phenoxy) is 3. The number of hydrogen-bond donors (Lipinski definition) is 6. The summed E-state index contributed by atoms with van der Waals surface area (Å²) in [5.41, 5.74) is 23.4. The van der Waals surface area contributed by atoms with E-state index in [1.54, 1.807) is 6.07 Å². The molecular weight excluding hydrogens is 1880 g/mol. The maximum atomic E-state index is 13.4. The van der Waals surface area contributed by atoms with Crippen LogP contribution in [-0.2, 0) is 36.8 Å². The summed E-state index contributed by atoms with van der Waals surface area (Å²) in [5, 5.41) is 30.4. The fraction of sp³-hybridized carbons (Fsp3) is 0.397. The van der Waals surface area contributed by atoms with Gasteiger partial charge < -0.3 is 94.3 Å². The second kappa shape index (κ2) is 41.5. The quantitative estimate of drug-likeness (QED) is 0.0325. The molecule has 28 nitrogen and oxygen atoms in total. The van der Waals surface area contributed by atoms with Crippen molar-refractivity contribution >= 4 is 131 Å². The molecule has 28 rings (SSSR count). The Morgan fingerprint density at radius 1 is 0.388 bits per heavy atom. The second-order valence-corrected chi connectivity index (χ2v) is 42.4. The van der Waals surface area contributed by atoms with Crippen molar-refractivity contribution in [3.05, 3.63) is 274 Å². The topological polar surface area (TPSA) is 273 Å². The number of nitrogens with one attached hydrogen (secondary N) is 6. The predicted octanol–water partition coefficient (Wildman–Crippen LogP) is 17.6. The highest BCUT2D eigenvalue weighted by Crippen LogP contribution is 2.56. The van der Waals surface area contributed by atoms with Gasteiger partial charge in [0.05, 0.1) is 121 Å². The zero-order valence-electron chi connectivity index (χ0n) is 82.9. The smallest absolute Gasteiger partial charge is 0.243 e. The van der Waals surface area contributed by atoms with E-state index in [0.29, 0.717) is 117 Å². The minimum Gasteiger partial charge on any atom is -0.494 e. The first-order valence-corrected chi connectivity index (χ1v) is 53.2. The number of pyridine rings is 1. The van der Waals surface area contributed by atoms with E-state index in [1.165, 1.54) is 86.1 Å². The lowest BCUT2D eigenvalue weighted by atomic mass is 9.89. The molecule has 0 radical (unpaired) electrons. The number of halogens is 3. The molecule has 15 aliphatic heterocycles. The van der Waals surface area contributed by atoms with E-state index >= 15 is 0 Å². The van der Waals surface area contributed by atoms with E-state index < -0.39 is 0 Å². The van der Waals surface area contributed by atoms with Crippen molar-refractivity contribution in [1.82, 2.24) is 44.8 Å². The van der Waals surface area contributed by atoms with Crippen LogP contribution < -0.4 is 65.3 Å². The van der Waals surface area contributed by atoms with Crippen LogP contribution >= 0.6 is 11.6 Å². The van der Waals surface area contributed by atoms with E-state index in [4.69, 9.17) is 30.3 Å². The summed E-state index contributed by atoms with van der Waals surface area (Å²) in [7, 11) is 0. The highest BCUT2D eigenvalue weighted by Gasteiger charge is 2.51. The summed E-state index contributed by atoms with van der Waals surface area (Å²) < 4.78 is 49.8. The number of carbonyl (C=O) groups excluding carboxylic acids is 5. The third-order valence-corrected chi connectivity index (χ3v) is 33.2. The first-order valence-electron chi connectivity index (χ1n) is 52.8. The molecule has 6 N–H and O–H groups in total. The van der Waals surface area contributed by atoms with Crippen LogP contribution in [0.5, 0.6) is 17.2 Å². The summed E-state index contributed by atoms with van der Waals surface area (Å²) in [4.78, 5) is 89.5. The largest absolute Gasteiger partial charge is 0.494 e. The van der Waals surface area contributed by atoms with Gasteiger partial charge in [0.2, 0.25) is 29.5 Å². The van der Waals surface area contributed by atoms with Crippen LogP contribution in [0.2, 0.25) is 5.02 Å². The number of para-hydroxylation sites is 6. The van der Waals surface area contributed by atoms with Gasteiger partial charge in [0.1, 0.15) is 34.4 Å². The van der Waals surface area contributed by atoms with Gasteiger partial charge in [-0.2, -0.15) is 5.10 Å². The van der Waals surface area contributed by atoms with Crippen LogP contribution in [0.25, 0.3) is 32.8 Å². The first-order chi connectivity index (χ1) is 72.0. The van der Waals surface area contributed by atoms with Gasteiger partial charge in [0.25, 0.3) is 0 Å². The number of aryl methyl sites for hydroxylation is 3. The van der Waals surface area contributed by atoms with E-state index in [9.17, 15) is 32.8 Å². The number of nitrogens with zero attached hydrogens (tertiary/aromatic N) is 13. The number of fused-ring (bicyclic) bond motifs is 18. The maximum absolute atomic E-state index is 13.4. The Labute approximate surface area is 858 Å². The number of amides is 5. The molecule has 13 aromatic rings. The molecular formula is C116H124ClF2N19O9. The Balaban J connectivity index is 0.0000000984. The summed E-state index contributed by atoms with van der Waals surface area (Å²) in [6.07, 6.45) is 14.0. The number of hydrogen-bond acceptors (Lipinski definition) is 22. The number of anilines is 10. The lowest BCUT2D eigenvalue weighted by Crippen LogP contribution is -2.49. The van der Waals surface area contributed by atoms with Crippen LogP contribution in [0.3, 0.4) is 0 Å². The fourth-order valence-electron chi connectivity index (χ4n) is 26.5. The molecule has 0 aliphatic carbocycles. The molecule has 31 heteroatoms. The third kappa shape index (κ3) is 19.5. The Morgan fingerprint density at radius 2 is 0.748 bits per heavy atom. The lowest BCUT2D eigenvalue weighted by Gasteiger charge is -2.39. The number of H-pyrrole nitrogens is 1. The van der Waals surface area contributed by atoms with Gasteiger partial charge in [-0.1, -0.05) is 113 Å². The number of rotatable bonds is 23. The van der Waals surface area contributed by atoms with Gasteiger partial charge in [-0.15, -0.1) is 0 Å². The fourth-order valence-corrected chi connectivity index (χ4v) is 26.6. The average molecular weight is 2000 g/mol. The molecule has 18 heterocycles. The summed E-state index contributed by atoms with van der Waals surface area (Å²) >= 11 is 5.91. The summed E-state index contributed by atoms with van der Waals surface area (Å²) in [5.74, 6) is 4.97. The van der Waals surface area contributed by atoms with Crippen molar-refractivity contribution in [3.8, 4) is 17.2 Å². The zero-order chi connectivity index (χ0) is 99.4. The van der Waals surface area contributed by atoms with Gasteiger partial charge in [-0.05, 0) is 228 Å². The van der Waals surface area contributed by atoms with Gasteiger partial charge in [0, 0.05) is 190 Å². The van der Waals surface area contributed by atoms with E-state index in [1.807, 2.05) is 97.2 Å². The molecule has 0 spiro atoms. The average Bonchev–Trinajstić information content (AvgIpc) is 1.60. The Morgan fingerprint density at radius 3 is 1.16 bits per heavy atom. The van der Waals surface area contributed by atoms with Crippen LogP contribution in [0, 0.1) is 18.6 Å². The predicted molar refractivity (Wildman–Crippen MR) is 571 cm³/mol. The SMILES string of the molecule is Cc1ccc(OCCCN2CC[C@H]3[C@@H](C2)c2cccc4c2N3CC(=O)N4)cc1.O=C1CN2c3c(cccc3[C@@H]3CN(CCCOc4ccc(Cl)cc4)CC[C@@H]32)N1.O=C1CN2c3c(cccc3[C@@H]3CN(CCCOc4cccc5cccnc45)CC[C@@H]32)N1.O=C1CN2c3c(cccc3[C@@H]3CN(CCCc4[nH]nc5cc(F)ccc45)CC[C@@H]32)N1.O=C1CN2c3c(cccc3[C@@H]3CN(CCCc4noc5cc(F)ccc45)CC[C@@H]32)N1. The monoisotopic (exact) mass is 2000 g/mol. The van der Waals surface area contributed by atoms with Gasteiger partial charge in [-0.25, -0.2) is 8.78 Å². The van der Waals surface area contributed by atoms with Crippen LogP contribution in [-0.4, -0.2) is 255 Å². The third-order valence-electron chi connectivity index (χ3n) is 33.0. The van der Waals surface area contributed by atoms with Crippen LogP contribution in [0.15, 0.2) is 217 Å². The molecule has 3 aromatic heterocycles. The van der Waals surface area contributed by atoms with E-state index in [0.717, 1.165) is 266 Å². The maximum Gasteiger partial charge on any atom is 0.243 e. The molecule has 15 aliphatic rings. The second-order valence-electron chi connectivity index (χ2n) is 42.0. The van der Waals surface area contributed by atoms with E-state index in [2.05, 4.69) is 188 Å². The number of aromatic amines is 1. The van der Waals surface area contributed by atoms with Crippen LogP contribution in [0.1, 0.15) is 139 Å². The van der Waals surface area contributed by atoms with Crippen molar-refractivity contribution in [1.29, 1.82) is 0 Å². The normalized spacial score (nSPS) is 22.8. The van der Waals surface area contributed by atoms with Gasteiger partial charge >= 0.3 is 0 Å². The molecule has 10 atom stereocenters. The van der Waals surface area contributed by atoms with Crippen molar-refractivity contribution in [2.45, 2.75) is 144 Å². The van der Waals surface area contributed by atoms with Crippen LogP contribution in [0.4, 0.5) is 65.7 Å². The number of benzene rings is 10. The molecule has 5 fully saturated rings. The zero-order valence-corrected chi connectivity index (χ0v) is 83.6. The number of piperidine rings is 5. The Bertz CT molecular complexity index is 6800. The lowest BCUT2D eigenvalue weighted by molar-refractivity contribution is -0.116. The minimum absolute atomic E-state index is 0.0856. The summed E-state index contributed by atoms with van der Waals surface area (Å²) in [6.45, 7) is 22.3. The molecule has 5 saturated heterocycles. The first kappa shape index (κ1) is 95.5. The molecule has 0 saturated carbocycles. The van der Waals surface area contributed by atoms with Crippen molar-refractivity contribution in [2.24, 2.45) is 0 Å². The number of aromatic nitrogens is 4. The highest BCUT2D eigenvalue weighted by atomic mass is 35.5. The van der Waals surface area contributed by atoms with Crippen molar-refractivity contribution < 1.29 is 51.5 Å². The number of carbonyl (C=O) groups is 5. The van der Waals surface area contributed by atoms with E-state index in [-0.39, 0.29) is 41.2 Å². The Hall–Kier alpha value is -13.8. The molecule has 147 heavy (non-hydrogen) atoms. The molecule has 10 aromatic carbocycles. The molecule has 0 unspecified atom stereocenters. The van der Waals surface area contributed by atoms with Crippen molar-refractivity contribution in [3.63, 3.8) is 0 Å². The molecule has 0 bridgehead atoms. The highest BCUT2D eigenvalue weighted by molar-refractivity contribution is 6.30. The number of likely N-dealkylation sites (tertiary alicyclic amines) is 5. The standard InChI is InChI=1S/C25H26N4O2.C23H24FN5O.C23H23FN4O2.C23H27N3O2.C22H24ClN3O2/c30-23-16-29-21-10-13-28(15-19(21)18-7-2-8-20(27-23)25(18)29)12-4-14-31-22-9-1-5-17-6-3-11-26-24(17)22;24-14-6-7-16-18(26-27-20(16)11-14)5-2-9-28-10-8-21-17(12-28)15-3-1-4-19-23(15)29(21)13-22(30)25-19;24-14-6-7-16-18(26-30-21(16)11-14)5-2-9-27-10-8-20-17(12-27)15-3-1-4-19-23(15)28(20)13-22(29)25-19;1-16-6-8-17(9-7-16)28-13-3-11-25-12-10-21-19(14-25)18-4-2-5-20-23(18)26(21)15-22(27)24-20;23-15-5-7-16(8-6-15)28-12-2-10-25-11-9-20-18(13-25)17-3-1-4-19-22(17)26(20)14-21(27)24-19/h1-3,5-9,11,19,21H,4,10,12-16H2,(H,27,30);1,3-4,6-7,11,17,21H,2,5,8-10,12-13H2,(H,25,30)(H,26,27);1,3-4,6-7,11,17,20H,2,5,8-10,12-13H2,(H,25,29);2,4-9,19,21H,3,10-15H2,1H3,(H,24,27);1,3-8,18,20H,2,9-14H2,(H,24,27)/t19-,21-;17-,21-;17-,20-;19-,21-;18-,20-/m00000/s1. The van der Waals surface area contributed by atoms with Crippen molar-refractivity contribution in [2.75, 3.05) is 202 Å². The van der Waals surface area contributed by atoms with Gasteiger partial charge in [-0.3, -0.25) is 34.1 Å². The molecule has 758 valence electrons. The molecule has 5 amide bonds. The summed E-state index contributed by atoms with van der Waals surface area (Å²) in [6, 6.07) is 69.1. The Kier molecular flexibility index (Phi) is 27.0. The van der Waals surface area contributed by atoms with Gasteiger partial charge in [0.15, 0.2) is 5.58 Å².